The summed E-state index contributed by atoms with van der Waals surface area (Å²) in [5.74, 6) is -2.56. The third-order valence-electron chi connectivity index (χ3n) is 12.2. The molecule has 6 rings (SSSR count). The van der Waals surface area contributed by atoms with Crippen LogP contribution in [0.25, 0.3) is 0 Å². The lowest BCUT2D eigenvalue weighted by Gasteiger charge is -2.30. The minimum absolute atomic E-state index is 0.0611. The van der Waals surface area contributed by atoms with Crippen LogP contribution in [-0.2, 0) is 33.9 Å². The third kappa shape index (κ3) is 9.04. The van der Waals surface area contributed by atoms with Crippen LogP contribution in [0.1, 0.15) is 119 Å². The van der Waals surface area contributed by atoms with Gasteiger partial charge in [0.2, 0.25) is 21.8 Å². The summed E-state index contributed by atoms with van der Waals surface area (Å²) in [5, 5.41) is 5.60. The molecule has 3 aliphatic heterocycles. The molecule has 0 aromatic carbocycles. The first-order chi connectivity index (χ1) is 26.2. The molecule has 56 heavy (non-hydrogen) atoms. The van der Waals surface area contributed by atoms with Gasteiger partial charge in [0, 0.05) is 25.4 Å². The van der Waals surface area contributed by atoms with Gasteiger partial charge in [0.1, 0.15) is 35.5 Å². The molecule has 0 aromatic rings. The first kappa shape index (κ1) is 41.9. The predicted octanol–water partition coefficient (Wildman–Crippen LogP) is 4.79. The Kier molecular flexibility index (Phi) is 11.9. The van der Waals surface area contributed by atoms with Gasteiger partial charge in [-0.25, -0.2) is 22.4 Å². The molecule has 0 radical (unpaired) electrons. The van der Waals surface area contributed by atoms with Crippen molar-refractivity contribution in [2.45, 2.75) is 159 Å². The molecule has 14 nitrogen and oxygen atoms in total. The smallest absolute Gasteiger partial charge is 0.410 e. The van der Waals surface area contributed by atoms with Crippen LogP contribution in [0, 0.1) is 17.8 Å². The number of hydrogen-bond donors (Lipinski definition) is 3. The predicted molar refractivity (Wildman–Crippen MR) is 205 cm³/mol. The molecule has 2 saturated carbocycles. The largest absolute Gasteiger partial charge is 0.444 e. The molecular formula is C40H60FN5O9S. The van der Waals surface area contributed by atoms with Gasteiger partial charge in [0.05, 0.1) is 11.3 Å². The molecule has 7 atom stereocenters. The van der Waals surface area contributed by atoms with Gasteiger partial charge >= 0.3 is 12.2 Å². The molecule has 3 heterocycles. The van der Waals surface area contributed by atoms with E-state index in [1.807, 2.05) is 19.9 Å². The fourth-order valence-electron chi connectivity index (χ4n) is 8.93. The number of hydrogen-bond acceptors (Lipinski definition) is 9. The van der Waals surface area contributed by atoms with Crippen LogP contribution < -0.4 is 15.4 Å². The van der Waals surface area contributed by atoms with Crippen LogP contribution >= 0.6 is 0 Å². The summed E-state index contributed by atoms with van der Waals surface area (Å²) in [6.07, 6.45) is 6.10. The number of halogens is 1. The Morgan fingerprint density at radius 3 is 2.39 bits per heavy atom. The normalized spacial score (nSPS) is 32.0. The summed E-state index contributed by atoms with van der Waals surface area (Å²) in [7, 11) is -4.05. The molecule has 3 N–H and O–H groups in total. The van der Waals surface area contributed by atoms with Gasteiger partial charge in [0.25, 0.3) is 5.91 Å². The lowest BCUT2D eigenvalue weighted by molar-refractivity contribution is -0.141. The number of alkyl halides is 1. The number of fused-ring (bicyclic) bond motifs is 2. The maximum Gasteiger partial charge on any atom is 0.410 e. The number of allylic oxidation sites excluding steroid dienone is 1. The quantitative estimate of drug-likeness (QED) is 0.326. The first-order valence-corrected chi connectivity index (χ1v) is 21.9. The average Bonchev–Trinajstić information content (AvgIpc) is 3.91. The van der Waals surface area contributed by atoms with Crippen molar-refractivity contribution in [1.82, 2.24) is 25.2 Å². The van der Waals surface area contributed by atoms with E-state index in [1.54, 1.807) is 33.8 Å². The van der Waals surface area contributed by atoms with Crippen molar-refractivity contribution in [2.24, 2.45) is 17.8 Å². The van der Waals surface area contributed by atoms with E-state index >= 15 is 4.39 Å². The number of alkyl carbamates (subject to hydrolysis) is 1. The fraction of sp³-hybridized carbons (Fsp3) is 0.775. The fourth-order valence-corrected chi connectivity index (χ4v) is 10.8. The van der Waals surface area contributed by atoms with E-state index in [0.717, 1.165) is 31.3 Å². The second-order valence-corrected chi connectivity index (χ2v) is 20.5. The third-order valence-corrected chi connectivity index (χ3v) is 14.3. The second kappa shape index (κ2) is 15.9. The van der Waals surface area contributed by atoms with E-state index in [9.17, 15) is 32.4 Å². The Morgan fingerprint density at radius 2 is 1.73 bits per heavy atom. The van der Waals surface area contributed by atoms with E-state index in [2.05, 4.69) is 15.4 Å². The summed E-state index contributed by atoms with van der Waals surface area (Å²) in [6, 6.07) is -2.27. The molecule has 0 spiro atoms. The van der Waals surface area contributed by atoms with E-state index in [-0.39, 0.29) is 56.7 Å². The summed E-state index contributed by atoms with van der Waals surface area (Å²) >= 11 is 0. The van der Waals surface area contributed by atoms with Gasteiger partial charge < -0.3 is 25.0 Å². The van der Waals surface area contributed by atoms with Crippen molar-refractivity contribution < 1.29 is 46.3 Å². The SMILES string of the molecule is CC(C)CC1(S(=O)(=O)NC(=O)[C@@]23C[C@H]2CCCCCCCC(NC(=O)OC(C)(C)C)C(=O)N2C[C@H](OC(=O)N4CC5=C(C4)C(F)C(C)C=C5)C[C@H]2C(=O)N3)CC1. The molecule has 2 saturated heterocycles. The molecular weight excluding hydrogens is 746 g/mol. The van der Waals surface area contributed by atoms with Crippen LogP contribution in [-0.4, -0.2) is 108 Å². The van der Waals surface area contributed by atoms with Crippen LogP contribution in [0.2, 0.25) is 0 Å². The first-order valence-electron chi connectivity index (χ1n) is 20.4. The zero-order valence-electron chi connectivity index (χ0n) is 33.7. The van der Waals surface area contributed by atoms with Crippen molar-refractivity contribution in [2.75, 3.05) is 19.6 Å². The van der Waals surface area contributed by atoms with Crippen molar-refractivity contribution in [3.8, 4) is 0 Å². The minimum atomic E-state index is -4.05. The van der Waals surface area contributed by atoms with Crippen LogP contribution in [0.5, 0.6) is 0 Å². The summed E-state index contributed by atoms with van der Waals surface area (Å²) in [4.78, 5) is 72.1. The number of carbonyl (C=O) groups excluding carboxylic acids is 5. The van der Waals surface area contributed by atoms with Crippen LogP contribution in [0.15, 0.2) is 23.3 Å². The number of ether oxygens (including phenoxy) is 2. The van der Waals surface area contributed by atoms with Gasteiger partial charge in [-0.2, -0.15) is 0 Å². The highest BCUT2D eigenvalue weighted by Gasteiger charge is 2.64. The molecule has 0 aromatic heterocycles. The van der Waals surface area contributed by atoms with E-state index in [4.69, 9.17) is 9.47 Å². The molecule has 3 aliphatic carbocycles. The standard InChI is InChI=1S/C40H60FN5O9S/c1-24(2)19-39(16-17-39)56(52,53)44-35(49)40-20-27(40)12-10-8-7-9-11-13-30(42-36(50)55-38(4,5)6)34(48)46-22-28(18-31(46)33(47)43-40)54-37(51)45-21-26-15-14-25(3)32(41)29(26)23-45/h14-15,24-25,27-28,30-32H,7-13,16-23H2,1-6H3,(H,42,50)(H,43,47)(H,44,49)/t25?,27-,28-,30?,31+,32?,40-/m1/s1. The number of nitrogens with one attached hydrogen (secondary N) is 3. The second-order valence-electron chi connectivity index (χ2n) is 18.4. The Morgan fingerprint density at radius 1 is 1.05 bits per heavy atom. The van der Waals surface area contributed by atoms with E-state index in [1.165, 1.54) is 9.80 Å². The number of carbonyl (C=O) groups is 5. The Hall–Kier alpha value is -3.69. The lowest BCUT2D eigenvalue weighted by Crippen LogP contribution is -2.59. The molecule has 5 amide bonds. The number of amides is 5. The number of sulfonamides is 1. The lowest BCUT2D eigenvalue weighted by atomic mass is 9.91. The van der Waals surface area contributed by atoms with E-state index < -0.39 is 80.2 Å². The van der Waals surface area contributed by atoms with Crippen molar-refractivity contribution >= 4 is 39.9 Å². The highest BCUT2D eigenvalue weighted by molar-refractivity contribution is 7.91. The number of rotatable bonds is 7. The van der Waals surface area contributed by atoms with E-state index in [0.29, 0.717) is 37.7 Å². The number of nitrogens with zero attached hydrogens (tertiary/aromatic N) is 2. The minimum Gasteiger partial charge on any atom is -0.444 e. The molecule has 0 bridgehead atoms. The van der Waals surface area contributed by atoms with Crippen molar-refractivity contribution in [1.29, 1.82) is 0 Å². The summed E-state index contributed by atoms with van der Waals surface area (Å²) < 4.78 is 55.0. The molecule has 312 valence electrons. The van der Waals surface area contributed by atoms with Crippen molar-refractivity contribution in [3.05, 3.63) is 23.3 Å². The maximum atomic E-state index is 15.0. The molecule has 4 fully saturated rings. The maximum absolute atomic E-state index is 15.0. The zero-order chi connectivity index (χ0) is 40.8. The van der Waals surface area contributed by atoms with Gasteiger partial charge in [-0.1, -0.05) is 65.0 Å². The van der Waals surface area contributed by atoms with Gasteiger partial charge in [-0.15, -0.1) is 0 Å². The Bertz CT molecular complexity index is 1750. The van der Waals surface area contributed by atoms with Crippen LogP contribution in [0.3, 0.4) is 0 Å². The summed E-state index contributed by atoms with van der Waals surface area (Å²) in [5.41, 5.74) is -1.08. The van der Waals surface area contributed by atoms with Gasteiger partial charge in [-0.05, 0) is 82.3 Å². The topological polar surface area (TPSA) is 181 Å². The van der Waals surface area contributed by atoms with Gasteiger partial charge in [0.15, 0.2) is 0 Å². The molecule has 6 aliphatic rings. The summed E-state index contributed by atoms with van der Waals surface area (Å²) in [6.45, 7) is 10.8. The Balaban J connectivity index is 1.24. The average molecular weight is 806 g/mol. The van der Waals surface area contributed by atoms with Gasteiger partial charge in [-0.3, -0.25) is 24.0 Å². The zero-order valence-corrected chi connectivity index (χ0v) is 34.5. The monoisotopic (exact) mass is 805 g/mol. The molecule has 16 heteroatoms. The highest BCUT2D eigenvalue weighted by Crippen LogP contribution is 2.51. The highest BCUT2D eigenvalue weighted by atomic mass is 32.2. The van der Waals surface area contributed by atoms with Crippen molar-refractivity contribution in [3.63, 3.8) is 0 Å². The van der Waals surface area contributed by atoms with Crippen LogP contribution in [0.4, 0.5) is 14.0 Å². The molecule has 3 unspecified atom stereocenters. The Labute approximate surface area is 330 Å².